The molecule has 2 N–H and O–H groups in total. The fourth-order valence-corrected chi connectivity index (χ4v) is 5.04. The highest BCUT2D eigenvalue weighted by molar-refractivity contribution is 7.89. The van der Waals surface area contributed by atoms with Gasteiger partial charge in [-0.05, 0) is 60.8 Å². The molecule has 0 spiro atoms. The third-order valence-electron chi connectivity index (χ3n) is 5.07. The van der Waals surface area contributed by atoms with E-state index in [4.69, 9.17) is 0 Å². The molecular weight excluding hydrogens is 352 g/mol. The topological polar surface area (TPSA) is 93.1 Å². The maximum Gasteiger partial charge on any atom is 0.332 e. The number of nitrogens with zero attached hydrogens (tertiary/aromatic N) is 2. The number of carbonyl (C=O) groups is 1. The number of carbonyl (C=O) groups excluding carboxylic acids is 1. The third-order valence-corrected chi connectivity index (χ3v) is 6.28. The van der Waals surface area contributed by atoms with Crippen LogP contribution in [0.3, 0.4) is 0 Å². The third kappa shape index (κ3) is 3.33. The van der Waals surface area contributed by atoms with Gasteiger partial charge in [0.25, 0.3) is 0 Å². The number of aryl methyl sites for hydroxylation is 3. The van der Waals surface area contributed by atoms with E-state index in [1.165, 1.54) is 33.1 Å². The molecule has 7 nitrogen and oxygen atoms in total. The van der Waals surface area contributed by atoms with Gasteiger partial charge in [-0.3, -0.25) is 4.68 Å². The minimum atomic E-state index is -3.78. The Labute approximate surface area is 152 Å². The number of benzene rings is 1. The number of aromatic nitrogens is 2. The molecular formula is C18H22N4O3S. The summed E-state index contributed by atoms with van der Waals surface area (Å²) in [4.78, 5) is 12.4. The quantitative estimate of drug-likeness (QED) is 0.857. The first-order valence-corrected chi connectivity index (χ1v) is 10.5. The molecule has 1 aromatic carbocycles. The Morgan fingerprint density at radius 2 is 1.81 bits per heavy atom. The minimum Gasteiger partial charge on any atom is -0.307 e. The maximum absolute atomic E-state index is 12.4. The Morgan fingerprint density at radius 1 is 1.15 bits per heavy atom. The predicted molar refractivity (Wildman–Crippen MR) is 98.5 cm³/mol. The number of amides is 2. The Kier molecular flexibility index (Phi) is 4.22. The number of fused-ring (bicyclic) bond motifs is 2. The van der Waals surface area contributed by atoms with E-state index < -0.39 is 16.1 Å². The van der Waals surface area contributed by atoms with E-state index in [0.717, 1.165) is 44.2 Å². The highest BCUT2D eigenvalue weighted by atomic mass is 32.2. The predicted octanol–water partition coefficient (Wildman–Crippen LogP) is 2.05. The number of urea groups is 1. The van der Waals surface area contributed by atoms with Crippen LogP contribution < -0.4 is 10.0 Å². The van der Waals surface area contributed by atoms with Crippen LogP contribution in [0.5, 0.6) is 0 Å². The number of nitrogens with one attached hydrogen (secondary N) is 2. The Hall–Kier alpha value is -2.35. The lowest BCUT2D eigenvalue weighted by atomic mass is 9.99. The van der Waals surface area contributed by atoms with Crippen LogP contribution in [0, 0.1) is 0 Å². The molecule has 1 heterocycles. The van der Waals surface area contributed by atoms with Crippen LogP contribution in [0.1, 0.15) is 40.7 Å². The summed E-state index contributed by atoms with van der Waals surface area (Å²) in [6.45, 7) is 0. The molecule has 8 heteroatoms. The van der Waals surface area contributed by atoms with Gasteiger partial charge < -0.3 is 5.32 Å². The second-order valence-electron chi connectivity index (χ2n) is 7.07. The van der Waals surface area contributed by atoms with E-state index in [-0.39, 0.29) is 5.75 Å². The van der Waals surface area contributed by atoms with Crippen molar-refractivity contribution >= 4 is 21.7 Å². The first kappa shape index (κ1) is 17.1. The summed E-state index contributed by atoms with van der Waals surface area (Å²) in [6.07, 6.45) is 9.17. The maximum atomic E-state index is 12.4. The van der Waals surface area contributed by atoms with Crippen molar-refractivity contribution in [3.05, 3.63) is 46.3 Å². The average molecular weight is 374 g/mol. The van der Waals surface area contributed by atoms with Gasteiger partial charge in [0.1, 0.15) is 0 Å². The van der Waals surface area contributed by atoms with Gasteiger partial charge in [0.05, 0.1) is 11.9 Å². The van der Waals surface area contributed by atoms with E-state index >= 15 is 0 Å². The summed E-state index contributed by atoms with van der Waals surface area (Å²) in [5.74, 6) is -0.279. The molecule has 138 valence electrons. The van der Waals surface area contributed by atoms with Gasteiger partial charge in [-0.15, -0.1) is 0 Å². The van der Waals surface area contributed by atoms with Crippen molar-refractivity contribution in [2.24, 2.45) is 7.05 Å². The number of hydrogen-bond donors (Lipinski definition) is 2. The molecule has 26 heavy (non-hydrogen) atoms. The lowest BCUT2D eigenvalue weighted by Crippen LogP contribution is -2.35. The molecule has 2 aliphatic rings. The van der Waals surface area contributed by atoms with Crippen LogP contribution >= 0.6 is 0 Å². The second kappa shape index (κ2) is 6.42. The lowest BCUT2D eigenvalue weighted by molar-refractivity contribution is 0.256. The summed E-state index contributed by atoms with van der Waals surface area (Å²) < 4.78 is 28.2. The van der Waals surface area contributed by atoms with Gasteiger partial charge in [-0.25, -0.2) is 17.9 Å². The second-order valence-corrected chi connectivity index (χ2v) is 8.79. The molecule has 2 amide bonds. The molecule has 4 rings (SSSR count). The summed E-state index contributed by atoms with van der Waals surface area (Å²) in [5.41, 5.74) is 6.30. The van der Waals surface area contributed by atoms with Crippen molar-refractivity contribution in [2.45, 2.75) is 44.3 Å². The zero-order valence-corrected chi connectivity index (χ0v) is 15.5. The van der Waals surface area contributed by atoms with E-state index in [0.29, 0.717) is 5.56 Å². The molecule has 0 unspecified atom stereocenters. The van der Waals surface area contributed by atoms with Gasteiger partial charge in [0.2, 0.25) is 10.0 Å². The lowest BCUT2D eigenvalue weighted by Gasteiger charge is -2.16. The van der Waals surface area contributed by atoms with Crippen molar-refractivity contribution in [3.63, 3.8) is 0 Å². The smallest absolute Gasteiger partial charge is 0.307 e. The van der Waals surface area contributed by atoms with Crippen molar-refractivity contribution in [1.29, 1.82) is 0 Å². The molecule has 0 bridgehead atoms. The summed E-state index contributed by atoms with van der Waals surface area (Å²) >= 11 is 0. The molecule has 0 saturated heterocycles. The standard InChI is InChI=1S/C18H22N4O3S/c1-22-10-12(9-19-22)11-26(24,25)21-18(23)20-17-15-6-2-4-13(15)8-14-5-3-7-16(14)17/h8-10H,2-7,11H2,1H3,(H2,20,21,23). The summed E-state index contributed by atoms with van der Waals surface area (Å²) in [7, 11) is -2.07. The minimum absolute atomic E-state index is 0.279. The van der Waals surface area contributed by atoms with Crippen LogP contribution in [-0.2, 0) is 48.5 Å². The molecule has 2 aromatic rings. The van der Waals surface area contributed by atoms with E-state index in [2.05, 4.69) is 21.2 Å². The number of rotatable bonds is 4. The van der Waals surface area contributed by atoms with Gasteiger partial charge in [-0.2, -0.15) is 5.10 Å². The molecule has 0 fully saturated rings. The highest BCUT2D eigenvalue weighted by Gasteiger charge is 2.26. The Bertz CT molecular complexity index is 946. The van der Waals surface area contributed by atoms with Crippen molar-refractivity contribution in [2.75, 3.05) is 5.32 Å². The van der Waals surface area contributed by atoms with E-state index in [9.17, 15) is 13.2 Å². The molecule has 0 aliphatic heterocycles. The summed E-state index contributed by atoms with van der Waals surface area (Å²) in [6, 6.07) is 1.58. The van der Waals surface area contributed by atoms with Crippen molar-refractivity contribution < 1.29 is 13.2 Å². The van der Waals surface area contributed by atoms with Crippen LogP contribution in [0.25, 0.3) is 0 Å². The molecule has 0 radical (unpaired) electrons. The number of hydrogen-bond acceptors (Lipinski definition) is 4. The van der Waals surface area contributed by atoms with E-state index in [1.807, 2.05) is 0 Å². The molecule has 0 atom stereocenters. The fourth-order valence-electron chi connectivity index (χ4n) is 4.05. The fraction of sp³-hybridized carbons (Fsp3) is 0.444. The van der Waals surface area contributed by atoms with Crippen LogP contribution in [0.4, 0.5) is 10.5 Å². The largest absolute Gasteiger partial charge is 0.332 e. The first-order valence-electron chi connectivity index (χ1n) is 8.87. The van der Waals surface area contributed by atoms with Gasteiger partial charge in [0.15, 0.2) is 0 Å². The zero-order valence-electron chi connectivity index (χ0n) is 14.7. The SMILES string of the molecule is Cn1cc(CS(=O)(=O)NC(=O)Nc2c3c(cc4c2CCC4)CCC3)cn1. The Balaban J connectivity index is 1.52. The monoisotopic (exact) mass is 374 g/mol. The average Bonchev–Trinajstić information content (AvgIpc) is 3.26. The highest BCUT2D eigenvalue weighted by Crippen LogP contribution is 2.38. The van der Waals surface area contributed by atoms with Gasteiger partial charge in [0, 0.05) is 24.5 Å². The Morgan fingerprint density at radius 3 is 2.38 bits per heavy atom. The normalized spacial score (nSPS) is 15.6. The number of anilines is 1. The first-order chi connectivity index (χ1) is 12.4. The number of sulfonamides is 1. The van der Waals surface area contributed by atoms with E-state index in [1.54, 1.807) is 13.2 Å². The summed E-state index contributed by atoms with van der Waals surface area (Å²) in [5, 5.41) is 6.79. The van der Waals surface area contributed by atoms with Gasteiger partial charge in [-0.1, -0.05) is 6.07 Å². The van der Waals surface area contributed by atoms with Crippen molar-refractivity contribution in [1.82, 2.24) is 14.5 Å². The van der Waals surface area contributed by atoms with Crippen LogP contribution in [-0.4, -0.2) is 24.2 Å². The zero-order chi connectivity index (χ0) is 18.3. The van der Waals surface area contributed by atoms with Crippen LogP contribution in [0.2, 0.25) is 0 Å². The van der Waals surface area contributed by atoms with Gasteiger partial charge >= 0.3 is 6.03 Å². The van der Waals surface area contributed by atoms with Crippen LogP contribution in [0.15, 0.2) is 18.5 Å². The van der Waals surface area contributed by atoms with Crippen molar-refractivity contribution in [3.8, 4) is 0 Å². The molecule has 1 aromatic heterocycles. The molecule has 0 saturated carbocycles. The molecule has 2 aliphatic carbocycles.